The van der Waals surface area contributed by atoms with Gasteiger partial charge in [0.05, 0.1) is 29.6 Å². The Hall–Kier alpha value is -3.95. The van der Waals surface area contributed by atoms with Gasteiger partial charge in [-0.2, -0.15) is 5.10 Å². The summed E-state index contributed by atoms with van der Waals surface area (Å²) in [7, 11) is 0. The molecular weight excluding hydrogens is 460 g/mol. The number of aromatic nitrogens is 3. The van der Waals surface area contributed by atoms with Gasteiger partial charge >= 0.3 is 17.9 Å². The van der Waals surface area contributed by atoms with Crippen LogP contribution in [-0.2, 0) is 14.3 Å². The number of likely N-dealkylation sites (tertiary alicyclic amines) is 1. The number of nitrogens with zero attached hydrogens (tertiary/aromatic N) is 3. The number of aryl methyl sites for hydroxylation is 1. The maximum atomic E-state index is 13.3. The summed E-state index contributed by atoms with van der Waals surface area (Å²) in [6, 6.07) is 7.39. The van der Waals surface area contributed by atoms with Crippen LogP contribution < -0.4 is 10.6 Å². The number of aromatic amines is 1. The lowest BCUT2D eigenvalue weighted by Gasteiger charge is -2.38. The van der Waals surface area contributed by atoms with Crippen molar-refractivity contribution in [2.45, 2.75) is 59.1 Å². The molecule has 0 spiro atoms. The second-order valence-corrected chi connectivity index (χ2v) is 10.3. The Morgan fingerprint density at radius 1 is 1.11 bits per heavy atom. The van der Waals surface area contributed by atoms with Gasteiger partial charge in [0.1, 0.15) is 11.4 Å². The van der Waals surface area contributed by atoms with Gasteiger partial charge in [-0.05, 0) is 69.7 Å². The SMILES string of the molecule is Cc1cc(NC(=O)C(=O)N2C[C@@H](C)CC[C@@H]2c2ccc3cn[nH]c3c2)cnc1NC(=O)OC(C)(C)C. The summed E-state index contributed by atoms with van der Waals surface area (Å²) in [5, 5.41) is 13.3. The lowest BCUT2D eigenvalue weighted by atomic mass is 9.89. The van der Waals surface area contributed by atoms with E-state index >= 15 is 0 Å². The van der Waals surface area contributed by atoms with E-state index in [0.717, 1.165) is 29.3 Å². The number of piperidine rings is 1. The number of carbonyl (C=O) groups is 3. The molecule has 0 unspecified atom stereocenters. The third kappa shape index (κ3) is 5.81. The highest BCUT2D eigenvalue weighted by molar-refractivity contribution is 6.39. The minimum Gasteiger partial charge on any atom is -0.444 e. The average molecular weight is 493 g/mol. The van der Waals surface area contributed by atoms with E-state index in [1.54, 1.807) is 44.9 Å². The topological polar surface area (TPSA) is 129 Å². The lowest BCUT2D eigenvalue weighted by Crippen LogP contribution is -2.46. The molecule has 1 aromatic carbocycles. The molecule has 3 heterocycles. The third-order valence-corrected chi connectivity index (χ3v) is 6.08. The van der Waals surface area contributed by atoms with Crippen LogP contribution in [0, 0.1) is 12.8 Å². The van der Waals surface area contributed by atoms with Crippen LogP contribution in [0.1, 0.15) is 57.7 Å². The van der Waals surface area contributed by atoms with Crippen LogP contribution >= 0.6 is 0 Å². The molecule has 2 aromatic heterocycles. The molecule has 0 saturated carbocycles. The van der Waals surface area contributed by atoms with E-state index in [4.69, 9.17) is 4.74 Å². The Bertz CT molecular complexity index is 1300. The number of fused-ring (bicyclic) bond motifs is 1. The van der Waals surface area contributed by atoms with Crippen molar-refractivity contribution in [2.24, 2.45) is 5.92 Å². The highest BCUT2D eigenvalue weighted by Gasteiger charge is 2.34. The molecule has 2 atom stereocenters. The number of benzene rings is 1. The van der Waals surface area contributed by atoms with E-state index in [9.17, 15) is 14.4 Å². The summed E-state index contributed by atoms with van der Waals surface area (Å²) in [5.41, 5.74) is 2.20. The minimum atomic E-state index is -0.731. The Balaban J connectivity index is 1.46. The summed E-state index contributed by atoms with van der Waals surface area (Å²) in [5.74, 6) is -0.723. The van der Waals surface area contributed by atoms with Crippen LogP contribution in [0.4, 0.5) is 16.3 Å². The monoisotopic (exact) mass is 492 g/mol. The average Bonchev–Trinajstić information content (AvgIpc) is 3.27. The lowest BCUT2D eigenvalue weighted by molar-refractivity contribution is -0.146. The number of hydrogen-bond donors (Lipinski definition) is 3. The van der Waals surface area contributed by atoms with E-state index in [1.807, 2.05) is 18.2 Å². The zero-order valence-electron chi connectivity index (χ0n) is 21.2. The minimum absolute atomic E-state index is 0.201. The van der Waals surface area contributed by atoms with E-state index in [1.165, 1.54) is 6.20 Å². The summed E-state index contributed by atoms with van der Waals surface area (Å²) < 4.78 is 5.25. The number of H-pyrrole nitrogens is 1. The Morgan fingerprint density at radius 3 is 2.61 bits per heavy atom. The van der Waals surface area contributed by atoms with Crippen molar-refractivity contribution in [3.05, 3.63) is 47.8 Å². The van der Waals surface area contributed by atoms with Crippen LogP contribution in [-0.4, -0.2) is 50.1 Å². The van der Waals surface area contributed by atoms with Crippen LogP contribution in [0.2, 0.25) is 0 Å². The largest absolute Gasteiger partial charge is 0.444 e. The summed E-state index contributed by atoms with van der Waals surface area (Å²) in [6.07, 6.45) is 4.26. The zero-order valence-corrected chi connectivity index (χ0v) is 21.2. The van der Waals surface area contributed by atoms with E-state index in [-0.39, 0.29) is 12.0 Å². The van der Waals surface area contributed by atoms with Crippen LogP contribution in [0.25, 0.3) is 10.9 Å². The van der Waals surface area contributed by atoms with Crippen LogP contribution in [0.5, 0.6) is 0 Å². The first-order valence-corrected chi connectivity index (χ1v) is 12.0. The number of anilines is 2. The second kappa shape index (κ2) is 9.96. The quantitative estimate of drug-likeness (QED) is 0.460. The van der Waals surface area contributed by atoms with Crippen molar-refractivity contribution < 1.29 is 19.1 Å². The van der Waals surface area contributed by atoms with Crippen molar-refractivity contribution in [3.8, 4) is 0 Å². The van der Waals surface area contributed by atoms with Crippen molar-refractivity contribution in [1.82, 2.24) is 20.1 Å². The first-order chi connectivity index (χ1) is 17.0. The molecule has 0 aliphatic carbocycles. The molecule has 36 heavy (non-hydrogen) atoms. The molecule has 1 aliphatic rings. The van der Waals surface area contributed by atoms with E-state index < -0.39 is 23.5 Å². The fourth-order valence-electron chi connectivity index (χ4n) is 4.37. The summed E-state index contributed by atoms with van der Waals surface area (Å²) in [6.45, 7) is 9.62. The first kappa shape index (κ1) is 25.2. The Labute approximate surface area is 209 Å². The normalized spacial score (nSPS) is 18.1. The van der Waals surface area contributed by atoms with Crippen molar-refractivity contribution in [1.29, 1.82) is 0 Å². The van der Waals surface area contributed by atoms with Gasteiger partial charge in [0.2, 0.25) is 0 Å². The molecule has 10 heteroatoms. The maximum Gasteiger partial charge on any atom is 0.413 e. The number of nitrogens with one attached hydrogen (secondary N) is 3. The van der Waals surface area contributed by atoms with Crippen molar-refractivity contribution in [2.75, 3.05) is 17.2 Å². The number of amides is 3. The second-order valence-electron chi connectivity index (χ2n) is 10.3. The molecule has 1 fully saturated rings. The van der Waals surface area contributed by atoms with Crippen molar-refractivity contribution >= 4 is 40.3 Å². The van der Waals surface area contributed by atoms with Gasteiger partial charge in [0, 0.05) is 11.9 Å². The van der Waals surface area contributed by atoms with Gasteiger partial charge < -0.3 is 15.0 Å². The predicted octanol–water partition coefficient (Wildman–Crippen LogP) is 4.55. The first-order valence-electron chi connectivity index (χ1n) is 12.0. The van der Waals surface area contributed by atoms with E-state index in [0.29, 0.717) is 23.6 Å². The molecule has 0 radical (unpaired) electrons. The van der Waals surface area contributed by atoms with Gasteiger partial charge in [-0.15, -0.1) is 0 Å². The van der Waals surface area contributed by atoms with Crippen molar-refractivity contribution in [3.63, 3.8) is 0 Å². The molecule has 1 aliphatic heterocycles. The smallest absolute Gasteiger partial charge is 0.413 e. The molecule has 3 amide bonds. The van der Waals surface area contributed by atoms with Gasteiger partial charge in [-0.25, -0.2) is 9.78 Å². The van der Waals surface area contributed by atoms with Crippen LogP contribution in [0.3, 0.4) is 0 Å². The number of ether oxygens (including phenoxy) is 1. The summed E-state index contributed by atoms with van der Waals surface area (Å²) in [4.78, 5) is 44.1. The predicted molar refractivity (Wildman–Crippen MR) is 136 cm³/mol. The molecular formula is C26H32N6O4. The molecule has 3 N–H and O–H groups in total. The molecule has 4 rings (SSSR count). The number of pyridine rings is 1. The third-order valence-electron chi connectivity index (χ3n) is 6.08. The summed E-state index contributed by atoms with van der Waals surface area (Å²) >= 11 is 0. The highest BCUT2D eigenvalue weighted by Crippen LogP contribution is 2.34. The molecule has 1 saturated heterocycles. The van der Waals surface area contributed by atoms with Gasteiger partial charge in [-0.1, -0.05) is 19.1 Å². The standard InChI is InChI=1S/C26H32N6O4/c1-15-6-9-21(17-7-8-18-12-28-31-20(18)11-17)32(14-15)24(34)23(33)29-19-10-16(2)22(27-13-19)30-25(35)36-26(3,4)5/h7-8,10-13,15,21H,6,9,14H2,1-5H3,(H,28,31)(H,29,33)(H,27,30,35)/t15-,21+/m0/s1. The zero-order chi connectivity index (χ0) is 26.0. The van der Waals surface area contributed by atoms with Gasteiger partial charge in [0.25, 0.3) is 0 Å². The molecule has 3 aromatic rings. The maximum absolute atomic E-state index is 13.3. The Morgan fingerprint density at radius 2 is 1.89 bits per heavy atom. The number of hydrogen-bond acceptors (Lipinski definition) is 6. The van der Waals surface area contributed by atoms with E-state index in [2.05, 4.69) is 32.7 Å². The fourth-order valence-corrected chi connectivity index (χ4v) is 4.37. The molecule has 0 bridgehead atoms. The van der Waals surface area contributed by atoms with Gasteiger partial charge in [-0.3, -0.25) is 20.0 Å². The fraction of sp³-hybridized carbons (Fsp3) is 0.423. The number of rotatable bonds is 3. The van der Waals surface area contributed by atoms with Gasteiger partial charge in [0.15, 0.2) is 0 Å². The van der Waals surface area contributed by atoms with Crippen LogP contribution in [0.15, 0.2) is 36.7 Å². The number of carbonyl (C=O) groups excluding carboxylic acids is 3. The Kier molecular flexibility index (Phi) is 6.96. The highest BCUT2D eigenvalue weighted by atomic mass is 16.6. The molecule has 190 valence electrons. The molecule has 10 nitrogen and oxygen atoms in total.